The highest BCUT2D eigenvalue weighted by atomic mass is 16.6. The molecule has 3 atom stereocenters. The lowest BCUT2D eigenvalue weighted by molar-refractivity contribution is -0.147. The van der Waals surface area contributed by atoms with Crippen molar-refractivity contribution in [3.05, 3.63) is 0 Å². The normalized spacial score (nSPS) is 19.3. The summed E-state index contributed by atoms with van der Waals surface area (Å²) in [5.41, 5.74) is -1.83. The van der Waals surface area contributed by atoms with Crippen molar-refractivity contribution in [2.75, 3.05) is 263 Å². The number of carboxylic acids is 6. The van der Waals surface area contributed by atoms with Crippen LogP contribution in [-0.2, 0) is 95.6 Å². The Hall–Kier alpha value is -7.71. The van der Waals surface area contributed by atoms with E-state index in [1.54, 1.807) is 52.2 Å². The summed E-state index contributed by atoms with van der Waals surface area (Å²) in [5, 5.41) is 56.2. The molecule has 6 N–H and O–H groups in total. The number of ketones is 4. The Balaban J connectivity index is 0.000000808. The Kier molecular flexibility index (Phi) is 54.4. The lowest BCUT2D eigenvalue weighted by atomic mass is 9.83. The maximum atomic E-state index is 12.7. The first-order valence-electron chi connectivity index (χ1n) is 41.3. The van der Waals surface area contributed by atoms with E-state index in [0.29, 0.717) is 189 Å². The van der Waals surface area contributed by atoms with Crippen molar-refractivity contribution in [2.45, 2.75) is 135 Å². The van der Waals surface area contributed by atoms with Gasteiger partial charge in [-0.3, -0.25) is 136 Å². The number of rotatable bonds is 40. The van der Waals surface area contributed by atoms with Gasteiger partial charge < -0.3 is 59.2 Å². The van der Waals surface area contributed by atoms with E-state index in [1.807, 2.05) is 91.7 Å². The van der Waals surface area contributed by atoms with Crippen LogP contribution in [0, 0.1) is 27.6 Å². The predicted octanol–water partition coefficient (Wildman–Crippen LogP) is -0.197. The van der Waals surface area contributed by atoms with Gasteiger partial charge in [-0.2, -0.15) is 0 Å². The van der Waals surface area contributed by atoms with Gasteiger partial charge in [-0.15, -0.1) is 0 Å². The quantitative estimate of drug-likeness (QED) is 0.0342. The van der Waals surface area contributed by atoms with Crippen LogP contribution in [0.3, 0.4) is 0 Å². The molecule has 4 rings (SSSR count). The summed E-state index contributed by atoms with van der Waals surface area (Å²) in [4.78, 5) is 199. The molecule has 0 radical (unpaired) electrons. The highest BCUT2D eigenvalue weighted by Gasteiger charge is 2.37. The van der Waals surface area contributed by atoms with Crippen molar-refractivity contribution in [3.8, 4) is 0 Å². The van der Waals surface area contributed by atoms with Crippen molar-refractivity contribution in [3.63, 3.8) is 0 Å². The zero-order valence-electron chi connectivity index (χ0n) is 73.8. The minimum Gasteiger partial charge on any atom is -0.480 e. The highest BCUT2D eigenvalue weighted by molar-refractivity contribution is 5.87. The van der Waals surface area contributed by atoms with E-state index in [4.69, 9.17) is 33.9 Å². The molecule has 4 heterocycles. The first-order chi connectivity index (χ1) is 56.3. The Morgan fingerprint density at radius 2 is 0.567 bits per heavy atom. The average molecular weight is 1720 g/mol. The summed E-state index contributed by atoms with van der Waals surface area (Å²) in [6, 6.07) is -0.988. The minimum atomic E-state index is -1.07. The molecule has 4 aliphatic heterocycles. The number of aliphatic carboxylic acids is 6. The first-order valence-corrected chi connectivity index (χ1v) is 41.3. The van der Waals surface area contributed by atoms with Crippen molar-refractivity contribution in [1.82, 2.24) is 68.6 Å². The lowest BCUT2D eigenvalue weighted by Gasteiger charge is -2.37. The van der Waals surface area contributed by atoms with Crippen LogP contribution < -0.4 is 0 Å². The highest BCUT2D eigenvalue weighted by Crippen LogP contribution is 2.26. The van der Waals surface area contributed by atoms with Gasteiger partial charge in [-0.05, 0) is 18.9 Å². The van der Waals surface area contributed by atoms with E-state index >= 15 is 0 Å². The molecular formula is C80H144N14O26. The van der Waals surface area contributed by atoms with Gasteiger partial charge in [0.25, 0.3) is 32.4 Å². The number of carboxylic acid groups (broad SMARTS) is 6. The van der Waals surface area contributed by atoms with E-state index in [0.717, 1.165) is 32.6 Å². The zero-order chi connectivity index (χ0) is 90.8. The molecule has 0 aliphatic carbocycles. The smallest absolute Gasteiger partial charge is 0.321 e. The number of ether oxygens (including phenoxy) is 5. The summed E-state index contributed by atoms with van der Waals surface area (Å²) in [6.45, 7) is 44.3. The molecule has 120 heavy (non-hydrogen) atoms. The van der Waals surface area contributed by atoms with Crippen LogP contribution in [0.15, 0.2) is 0 Å². The van der Waals surface area contributed by atoms with Gasteiger partial charge in [-0.1, -0.05) is 96.9 Å². The summed E-state index contributed by atoms with van der Waals surface area (Å²) in [7, 11) is 0. The minimum absolute atomic E-state index is 0.00780. The number of carbonyl (C=O) groups is 15. The van der Waals surface area contributed by atoms with E-state index < -0.39 is 64.8 Å². The summed E-state index contributed by atoms with van der Waals surface area (Å²) < 4.78 is 24.8. The lowest BCUT2D eigenvalue weighted by Crippen LogP contribution is -2.53. The number of nitrogens with zero attached hydrogens (tertiary/aromatic N) is 14. The molecule has 3 unspecified atom stereocenters. The van der Waals surface area contributed by atoms with Crippen LogP contribution in [0.5, 0.6) is 0 Å². The number of hydrogen-bond acceptors (Lipinski definition) is 34. The van der Waals surface area contributed by atoms with Gasteiger partial charge >= 0.3 is 35.8 Å². The number of carbonyl (C=O) groups excluding carboxylic acids is 9. The van der Waals surface area contributed by atoms with Gasteiger partial charge in [-0.25, -0.2) is 0 Å². The Bertz CT molecular complexity index is 3100. The maximum absolute atomic E-state index is 12.7. The first kappa shape index (κ1) is 110. The molecule has 4 aliphatic rings. The SMILES string of the molecule is CC(C)(C)C(=O)CCC(OC=O)N1CCN(COC=O)CCN(CC(=O)O)CC1.CC(CC(=O)C(C)(C)C)C(C(=O)O)N1CCN(COC=O)CCN(CC(=O)O)CCN(CC(=O)O)CC1.CCC(C)(C)C(=O)CN1CCN(COC=O)CCN(CC(=O)O)CC1.CCN1CCN(CC(=O)O)CCN(COC=O)CCN(CC(=O)C(C)(C)C)CC1. The van der Waals surface area contributed by atoms with Crippen LogP contribution in [0.25, 0.3) is 0 Å². The third-order valence-corrected chi connectivity index (χ3v) is 21.5. The van der Waals surface area contributed by atoms with Crippen LogP contribution in [0.2, 0.25) is 0 Å². The molecule has 0 aromatic heterocycles. The zero-order valence-corrected chi connectivity index (χ0v) is 73.8. The van der Waals surface area contributed by atoms with Crippen molar-refractivity contribution >= 4 is 91.3 Å². The molecule has 4 saturated heterocycles. The molecule has 0 amide bonds. The molecular weight excluding hydrogens is 1570 g/mol. The van der Waals surface area contributed by atoms with Crippen molar-refractivity contribution < 1.29 is 126 Å². The monoisotopic (exact) mass is 1720 g/mol. The maximum Gasteiger partial charge on any atom is 0.321 e. The summed E-state index contributed by atoms with van der Waals surface area (Å²) in [5.74, 6) is -5.85. The van der Waals surface area contributed by atoms with E-state index in [-0.39, 0.29) is 133 Å². The molecule has 690 valence electrons. The Labute approximate surface area is 708 Å². The third-order valence-electron chi connectivity index (χ3n) is 21.5. The molecule has 0 aromatic carbocycles. The second-order valence-electron chi connectivity index (χ2n) is 34.3. The standard InChI is InChI=1S/C24H42N4O9.C20H38N4O5.C19H33N3O7.C17H31N3O5/c1-18(13-19(30)24(2,3)4)22(23(35)36)28-11-9-26(15-21(33)34)6-5-25(14-20(31)32)7-8-27(10-12-28)16-37-17-29;1-5-21-6-8-22(14-18(26)20(2,3)4)10-12-24(16-29-17-25)13-11-23(9-7-21)15-19(27)28;1-19(2,3)16(25)4-5-17(29-15-24)22-10-8-20(12-18(26)27)6-7-21(9-11-22)13-28-14-23;1-4-17(2,3)15(22)11-18-5-6-19(12-16(23)24)8-10-20(9-7-18)13-25-14-21/h17-18,22H,5-16H2,1-4H3,(H,31,32)(H,33,34)(H,35,36);17H,5-16H2,1-4H3,(H,27,28);14-15,17H,4-13H2,1-3H3,(H,26,27);14H,4-13H2,1-3H3,(H,23,24). The average Bonchev–Trinajstić information content (AvgIpc) is 0.972. The van der Waals surface area contributed by atoms with Gasteiger partial charge in [0.05, 0.1) is 45.8 Å². The van der Waals surface area contributed by atoms with Crippen LogP contribution in [0.1, 0.15) is 123 Å². The summed E-state index contributed by atoms with van der Waals surface area (Å²) >= 11 is 0. The van der Waals surface area contributed by atoms with Crippen LogP contribution in [0.4, 0.5) is 0 Å². The van der Waals surface area contributed by atoms with Gasteiger partial charge in [0.15, 0.2) is 17.8 Å². The fraction of sp³-hybridized carbons (Fsp3) is 0.812. The molecule has 0 bridgehead atoms. The third kappa shape index (κ3) is 49.4. The molecule has 0 spiro atoms. The molecule has 40 heteroatoms. The second-order valence-corrected chi connectivity index (χ2v) is 34.3. The van der Waals surface area contributed by atoms with E-state index in [1.165, 1.54) is 0 Å². The predicted molar refractivity (Wildman–Crippen MR) is 441 cm³/mol. The van der Waals surface area contributed by atoms with Crippen molar-refractivity contribution in [2.24, 2.45) is 27.6 Å². The number of Topliss-reactive ketones (excluding diaryl/α,β-unsaturated/α-hetero) is 4. The molecule has 0 aromatic rings. The van der Waals surface area contributed by atoms with E-state index in [2.05, 4.69) is 21.6 Å². The molecule has 0 saturated carbocycles. The Morgan fingerprint density at radius 1 is 0.317 bits per heavy atom. The van der Waals surface area contributed by atoms with Crippen molar-refractivity contribution in [1.29, 1.82) is 0 Å². The van der Waals surface area contributed by atoms with Crippen LogP contribution in [-0.4, -0.2) is 465 Å². The number of likely N-dealkylation sites (N-methyl/N-ethyl adjacent to an activating group) is 1. The van der Waals surface area contributed by atoms with Gasteiger partial charge in [0.1, 0.15) is 44.5 Å². The Morgan fingerprint density at radius 3 is 0.817 bits per heavy atom. The number of hydrogen-bond donors (Lipinski definition) is 6. The largest absolute Gasteiger partial charge is 0.480 e. The summed E-state index contributed by atoms with van der Waals surface area (Å²) in [6.07, 6.45) is 0.910. The van der Waals surface area contributed by atoms with Gasteiger partial charge in [0, 0.05) is 224 Å². The molecule has 40 nitrogen and oxygen atoms in total. The van der Waals surface area contributed by atoms with E-state index in [9.17, 15) is 92.3 Å². The van der Waals surface area contributed by atoms with Crippen LogP contribution >= 0.6 is 0 Å². The van der Waals surface area contributed by atoms with Gasteiger partial charge in [0.2, 0.25) is 0 Å². The second kappa shape index (κ2) is 59.1. The molecule has 4 fully saturated rings. The fourth-order valence-corrected chi connectivity index (χ4v) is 13.0. The topological polar surface area (TPSA) is 469 Å². The fourth-order valence-electron chi connectivity index (χ4n) is 13.0.